The van der Waals surface area contributed by atoms with Crippen LogP contribution in [0, 0.1) is 11.8 Å². The van der Waals surface area contributed by atoms with Gasteiger partial charge in [0, 0.05) is 0 Å². The standard InChI is InChI=1S/C15H13NO.Cr/c1-3-10-16-11-9-14-7-4-6-13(15(14)16)8-5-12-17-2;/h3-4,6-7,9,11H,1,10H2,2H3;. The van der Waals surface area contributed by atoms with Gasteiger partial charge in [0.1, 0.15) is 0 Å². The summed E-state index contributed by atoms with van der Waals surface area (Å²) < 4.78 is 7.74. The molecule has 0 N–H and O–H groups in total. The van der Waals surface area contributed by atoms with Crippen molar-refractivity contribution in [2.24, 2.45) is 0 Å². The number of hydrogen-bond donors (Lipinski definition) is 0. The number of hydrogen-bond acceptors (Lipinski definition) is 1. The van der Waals surface area contributed by atoms with Crippen LogP contribution in [0.3, 0.4) is 0 Å². The summed E-state index contributed by atoms with van der Waals surface area (Å²) in [5.41, 5.74) is 2.12. The van der Waals surface area contributed by atoms with Gasteiger partial charge >= 0.3 is 115 Å². The Hall–Kier alpha value is -1.58. The van der Waals surface area contributed by atoms with Gasteiger partial charge in [-0.25, -0.2) is 0 Å². The van der Waals surface area contributed by atoms with Crippen LogP contribution in [0.15, 0.2) is 43.1 Å². The van der Waals surface area contributed by atoms with Crippen LogP contribution in [0.5, 0.6) is 0 Å². The average molecular weight is 275 g/mol. The molecule has 0 spiro atoms. The van der Waals surface area contributed by atoms with E-state index in [1.54, 1.807) is 7.11 Å². The van der Waals surface area contributed by atoms with Gasteiger partial charge in [0.05, 0.1) is 0 Å². The topological polar surface area (TPSA) is 14.2 Å². The first-order valence-electron chi connectivity index (χ1n) is 5.55. The molecule has 0 fully saturated rings. The summed E-state index contributed by atoms with van der Waals surface area (Å²) in [6.07, 6.45) is 3.93. The zero-order valence-electron chi connectivity index (χ0n) is 10.1. The Morgan fingerprint density at radius 2 is 2.33 bits per heavy atom. The molecule has 2 aromatic rings. The molecule has 0 amide bonds. The number of methoxy groups -OCH3 is 1. The van der Waals surface area contributed by atoms with Crippen molar-refractivity contribution in [2.75, 3.05) is 7.11 Å². The van der Waals surface area contributed by atoms with Crippen molar-refractivity contribution in [1.82, 2.24) is 4.57 Å². The molecule has 1 aromatic heterocycles. The van der Waals surface area contributed by atoms with Crippen molar-refractivity contribution in [3.63, 3.8) is 0 Å². The van der Waals surface area contributed by atoms with E-state index in [0.717, 1.165) is 17.6 Å². The molecule has 2 rings (SSSR count). The monoisotopic (exact) mass is 275 g/mol. The molecule has 90 valence electrons. The number of ether oxygens (including phenoxy) is 1. The predicted octanol–water partition coefficient (Wildman–Crippen LogP) is 2.50. The first kappa shape index (κ1) is 12.9. The fourth-order valence-corrected chi connectivity index (χ4v) is 1.90. The van der Waals surface area contributed by atoms with Crippen molar-refractivity contribution < 1.29 is 20.6 Å². The molecule has 1 heterocycles. The van der Waals surface area contributed by atoms with Crippen LogP contribution in [-0.4, -0.2) is 16.2 Å². The summed E-state index contributed by atoms with van der Waals surface area (Å²) in [6, 6.07) is 8.19. The van der Waals surface area contributed by atoms with E-state index in [4.69, 9.17) is 4.74 Å². The number of rotatable bonds is 3. The van der Waals surface area contributed by atoms with E-state index < -0.39 is 0 Å². The average Bonchev–Trinajstić information content (AvgIpc) is 2.80. The van der Waals surface area contributed by atoms with Gasteiger partial charge in [-0.2, -0.15) is 0 Å². The summed E-state index contributed by atoms with van der Waals surface area (Å²) in [7, 11) is 1.60. The van der Waals surface area contributed by atoms with Gasteiger partial charge < -0.3 is 0 Å². The van der Waals surface area contributed by atoms with Crippen molar-refractivity contribution in [1.29, 1.82) is 0 Å². The number of aromatic nitrogens is 1. The fraction of sp³-hybridized carbons (Fsp3) is 0.133. The maximum absolute atomic E-state index is 5.01. The van der Waals surface area contributed by atoms with Crippen LogP contribution in [0.2, 0.25) is 0 Å². The second-order valence-corrected chi connectivity index (χ2v) is 4.32. The Morgan fingerprint density at radius 1 is 1.50 bits per heavy atom. The summed E-state index contributed by atoms with van der Waals surface area (Å²) in [4.78, 5) is 0. The number of fused-ring (bicyclic) bond motifs is 1. The van der Waals surface area contributed by atoms with E-state index in [1.807, 2.05) is 18.2 Å². The van der Waals surface area contributed by atoms with Gasteiger partial charge in [0.25, 0.3) is 0 Å². The Bertz CT molecular complexity index is 658. The van der Waals surface area contributed by atoms with Crippen molar-refractivity contribution >= 4 is 15.5 Å². The Morgan fingerprint density at radius 3 is 3.06 bits per heavy atom. The molecule has 18 heavy (non-hydrogen) atoms. The SMILES string of the molecule is C=CCn1ccc2cccc(C#C[C](=[Cr])OC)c21. The number of allylic oxidation sites excluding steroid dienone is 1. The number of benzene rings is 1. The molecule has 0 aliphatic carbocycles. The first-order valence-corrected chi connectivity index (χ1v) is 6.18. The molecular formula is C15H13CrNO. The second kappa shape index (κ2) is 5.85. The van der Waals surface area contributed by atoms with E-state index in [-0.39, 0.29) is 0 Å². The van der Waals surface area contributed by atoms with Crippen molar-refractivity contribution in [3.8, 4) is 11.8 Å². The van der Waals surface area contributed by atoms with E-state index in [9.17, 15) is 0 Å². The minimum atomic E-state index is 0.592. The second-order valence-electron chi connectivity index (χ2n) is 3.74. The predicted molar refractivity (Wildman–Crippen MR) is 71.0 cm³/mol. The van der Waals surface area contributed by atoms with Crippen LogP contribution in [-0.2, 0) is 27.1 Å². The molecule has 0 saturated heterocycles. The molecule has 3 heteroatoms. The summed E-state index contributed by atoms with van der Waals surface area (Å²) in [6.45, 7) is 4.55. The van der Waals surface area contributed by atoms with E-state index in [0.29, 0.717) is 4.57 Å². The van der Waals surface area contributed by atoms with Gasteiger partial charge in [-0.1, -0.05) is 0 Å². The van der Waals surface area contributed by atoms with E-state index in [1.165, 1.54) is 5.39 Å². The minimum absolute atomic E-state index is 0.592. The number of para-hydroxylation sites is 1. The third-order valence-electron chi connectivity index (χ3n) is 2.60. The molecule has 0 atom stereocenters. The molecule has 0 aliphatic rings. The van der Waals surface area contributed by atoms with E-state index >= 15 is 0 Å². The van der Waals surface area contributed by atoms with Gasteiger partial charge in [0.2, 0.25) is 0 Å². The van der Waals surface area contributed by atoms with Gasteiger partial charge in [-0.05, 0) is 0 Å². The summed E-state index contributed by atoms with van der Waals surface area (Å²) >= 11 is 2.78. The van der Waals surface area contributed by atoms with Gasteiger partial charge in [-0.15, -0.1) is 0 Å². The molecule has 0 radical (unpaired) electrons. The quantitative estimate of drug-likeness (QED) is 0.620. The third kappa shape index (κ3) is 2.63. The Labute approximate surface area is 115 Å². The normalized spacial score (nSPS) is 9.83. The maximum atomic E-state index is 5.01. The van der Waals surface area contributed by atoms with Crippen LogP contribution < -0.4 is 0 Å². The van der Waals surface area contributed by atoms with Crippen LogP contribution in [0.4, 0.5) is 0 Å². The Kier molecular flexibility index (Phi) is 4.18. The van der Waals surface area contributed by atoms with Crippen LogP contribution in [0.1, 0.15) is 5.56 Å². The van der Waals surface area contributed by atoms with Gasteiger partial charge in [-0.3, -0.25) is 0 Å². The summed E-state index contributed by atoms with van der Waals surface area (Å²) in [5, 5.41) is 1.18. The molecule has 0 saturated carbocycles. The van der Waals surface area contributed by atoms with Crippen molar-refractivity contribution in [3.05, 3.63) is 48.7 Å². The molecule has 0 aliphatic heterocycles. The third-order valence-corrected chi connectivity index (χ3v) is 3.02. The Balaban J connectivity index is 2.54. The van der Waals surface area contributed by atoms with Crippen molar-refractivity contribution in [2.45, 2.75) is 6.54 Å². The molecule has 1 aromatic carbocycles. The summed E-state index contributed by atoms with van der Waals surface area (Å²) in [5.74, 6) is 6.07. The molecule has 2 nitrogen and oxygen atoms in total. The fourth-order valence-electron chi connectivity index (χ4n) is 1.82. The van der Waals surface area contributed by atoms with E-state index in [2.05, 4.69) is 57.2 Å². The molecular weight excluding hydrogens is 262 g/mol. The van der Waals surface area contributed by atoms with Gasteiger partial charge in [0.15, 0.2) is 0 Å². The first-order chi connectivity index (χ1) is 8.76. The molecule has 0 bridgehead atoms. The zero-order valence-corrected chi connectivity index (χ0v) is 11.4. The van der Waals surface area contributed by atoms with Crippen LogP contribution >= 0.6 is 0 Å². The number of nitrogens with zero attached hydrogens (tertiary/aromatic N) is 1. The van der Waals surface area contributed by atoms with Crippen LogP contribution in [0.25, 0.3) is 10.9 Å². The molecule has 0 unspecified atom stereocenters. The zero-order chi connectivity index (χ0) is 13.0.